The third-order valence-corrected chi connectivity index (χ3v) is 11.2. The average molecular weight is 994 g/mol. The number of benzene rings is 1. The number of carbonyl (C=O) groups excluding carboxylic acids is 2. The van der Waals surface area contributed by atoms with Gasteiger partial charge < -0.3 is 48.8 Å². The number of esters is 2. The van der Waals surface area contributed by atoms with Crippen molar-refractivity contribution in [3.63, 3.8) is 0 Å². The fourth-order valence-corrected chi connectivity index (χ4v) is 7.85. The van der Waals surface area contributed by atoms with Crippen molar-refractivity contribution >= 4 is 11.9 Å². The molecular weight excluding hydrogens is 923 g/mol. The van der Waals surface area contributed by atoms with Crippen molar-refractivity contribution in [2.75, 3.05) is 13.2 Å². The number of allylic oxidation sites excluding steroid dienone is 2. The first-order valence-electron chi connectivity index (χ1n) is 22.9. The number of alkyl halides is 3. The van der Waals surface area contributed by atoms with E-state index in [1.165, 1.54) is 89.2 Å². The number of nitrogens with zero attached hydrogens (tertiary/aromatic N) is 2. The van der Waals surface area contributed by atoms with Crippen LogP contribution in [0.4, 0.5) is 13.2 Å². The van der Waals surface area contributed by atoms with Crippen LogP contribution in [0.5, 0.6) is 0 Å². The lowest BCUT2D eigenvalue weighted by Gasteiger charge is -2.31. The number of carbonyl (C=O) groups is 2. The molecule has 0 spiro atoms. The van der Waals surface area contributed by atoms with Gasteiger partial charge in [-0.1, -0.05) is 154 Å². The Morgan fingerprint density at radius 1 is 0.532 bits per heavy atom. The fraction of sp³-hybridized carbons (Fsp3) is 0.560. The molecule has 62 heavy (non-hydrogen) atoms. The second-order valence-electron chi connectivity index (χ2n) is 16.2. The monoisotopic (exact) mass is 991 g/mol. The van der Waals surface area contributed by atoms with Crippen LogP contribution in [-0.2, 0) is 38.3 Å². The molecule has 0 unspecified atom stereocenters. The van der Waals surface area contributed by atoms with Crippen LogP contribution in [-0.4, -0.2) is 25.2 Å². The summed E-state index contributed by atoms with van der Waals surface area (Å²) in [5, 5.41) is 3.47. The normalized spacial score (nSPS) is 13.0. The predicted molar refractivity (Wildman–Crippen MR) is 230 cm³/mol. The number of hydrogen-bond donors (Lipinski definition) is 1. The van der Waals surface area contributed by atoms with Gasteiger partial charge in [-0.15, -0.1) is 0 Å². The Balaban J connectivity index is 0.00000661. The summed E-state index contributed by atoms with van der Waals surface area (Å²) in [4.78, 5) is 28.9. The summed E-state index contributed by atoms with van der Waals surface area (Å²) in [5.41, 5.74) is 0.927. The highest BCUT2D eigenvalue weighted by Gasteiger charge is 2.42. The van der Waals surface area contributed by atoms with Crippen LogP contribution in [0.3, 0.4) is 0 Å². The predicted octanol–water partition coefficient (Wildman–Crippen LogP) is 5.81. The minimum atomic E-state index is -4.56. The standard InChI is InChI=1S/C50H69F3N3O4.2BrH/c1-3-5-7-9-11-13-15-17-19-27-37-59-48(57)46-43(39-55-33-23-21-24-34-55)54-44(40-56-35-25-22-26-36-56)47(45(46)41-29-31-42(32-30-41)50(51,52)53)49(58)60-38-28-20-18-16-14-12-10-8-6-4-2;;/h21-26,29-36,45H,3-20,27-28,37-40H2,1-2H3;2*1H/q+1;;/p-1. The molecule has 3 heterocycles. The first-order chi connectivity index (χ1) is 29.2. The van der Waals surface area contributed by atoms with E-state index in [4.69, 9.17) is 9.47 Å². The SMILES string of the molecule is CCCCCCCCCCCCOC(=O)C1=C(C[n+]2ccccc2)NC(C[n+]2ccccc2)=C(C(=O)OCCCCCCCCCCCC)C1c1ccc(C(F)(F)F)cc1.[Br-].[Br-]. The van der Waals surface area contributed by atoms with E-state index in [9.17, 15) is 22.8 Å². The lowest BCUT2D eigenvalue weighted by atomic mass is 9.79. The number of unbranched alkanes of at least 4 members (excludes halogenated alkanes) is 18. The second-order valence-corrected chi connectivity index (χ2v) is 16.2. The van der Waals surface area contributed by atoms with Crippen molar-refractivity contribution in [3.05, 3.63) is 119 Å². The third kappa shape index (κ3) is 19.5. The van der Waals surface area contributed by atoms with Crippen LogP contribution in [0.25, 0.3) is 0 Å². The van der Waals surface area contributed by atoms with Crippen LogP contribution in [0, 0.1) is 0 Å². The molecule has 7 nitrogen and oxygen atoms in total. The van der Waals surface area contributed by atoms with Crippen LogP contribution in [0.2, 0.25) is 0 Å². The zero-order valence-electron chi connectivity index (χ0n) is 37.0. The van der Waals surface area contributed by atoms with Gasteiger partial charge in [-0.05, 0) is 30.5 Å². The molecule has 1 N–H and O–H groups in total. The Kier molecular flexibility index (Phi) is 27.6. The summed E-state index contributed by atoms with van der Waals surface area (Å²) < 4.78 is 57.4. The van der Waals surface area contributed by atoms with Gasteiger partial charge in [0.05, 0.1) is 47.2 Å². The number of nitrogens with one attached hydrogen (secondary N) is 1. The average Bonchev–Trinajstić information content (AvgIpc) is 3.24. The number of pyridine rings is 2. The van der Waals surface area contributed by atoms with E-state index in [1.807, 2.05) is 70.3 Å². The summed E-state index contributed by atoms with van der Waals surface area (Å²) >= 11 is 0. The Labute approximate surface area is 390 Å². The van der Waals surface area contributed by atoms with Gasteiger partial charge in [0.25, 0.3) is 0 Å². The number of dihydropyridines is 1. The zero-order chi connectivity index (χ0) is 42.8. The highest BCUT2D eigenvalue weighted by Crippen LogP contribution is 2.41. The largest absolute Gasteiger partial charge is 1.00 e. The molecular formula is C50H70Br2F3N3O4. The fourth-order valence-electron chi connectivity index (χ4n) is 7.85. The molecule has 0 atom stereocenters. The Hall–Kier alpha value is -3.51. The number of ether oxygens (including phenoxy) is 2. The minimum Gasteiger partial charge on any atom is -1.00 e. The molecule has 2 aromatic heterocycles. The molecule has 0 saturated heterocycles. The number of hydrogen-bond acceptors (Lipinski definition) is 5. The highest BCUT2D eigenvalue weighted by atomic mass is 79.9. The molecule has 0 amide bonds. The van der Waals surface area contributed by atoms with Crippen molar-refractivity contribution < 1.29 is 75.3 Å². The molecule has 1 aliphatic heterocycles. The first-order valence-corrected chi connectivity index (χ1v) is 22.9. The van der Waals surface area contributed by atoms with Gasteiger partial charge in [0, 0.05) is 24.3 Å². The Morgan fingerprint density at radius 2 is 0.871 bits per heavy atom. The molecule has 0 aliphatic carbocycles. The molecule has 0 radical (unpaired) electrons. The number of rotatable bonds is 29. The van der Waals surface area contributed by atoms with E-state index in [-0.39, 0.29) is 71.4 Å². The van der Waals surface area contributed by atoms with E-state index in [1.54, 1.807) is 0 Å². The molecule has 1 aliphatic rings. The van der Waals surface area contributed by atoms with Gasteiger partial charge in [-0.2, -0.15) is 22.3 Å². The summed E-state index contributed by atoms with van der Waals surface area (Å²) in [6, 6.07) is 16.1. The van der Waals surface area contributed by atoms with E-state index in [2.05, 4.69) is 19.2 Å². The molecule has 0 saturated carbocycles. The number of aromatic nitrogens is 2. The number of halogens is 5. The molecule has 12 heteroatoms. The van der Waals surface area contributed by atoms with Gasteiger partial charge >= 0.3 is 18.1 Å². The maximum Gasteiger partial charge on any atom is 0.416 e. The molecule has 0 bridgehead atoms. The topological polar surface area (TPSA) is 72.4 Å². The maximum atomic E-state index is 14.5. The van der Waals surface area contributed by atoms with Crippen LogP contribution >= 0.6 is 0 Å². The molecule has 4 rings (SSSR count). The van der Waals surface area contributed by atoms with Crippen molar-refractivity contribution in [1.82, 2.24) is 5.32 Å². The van der Waals surface area contributed by atoms with Gasteiger partial charge in [0.1, 0.15) is 0 Å². The van der Waals surface area contributed by atoms with Crippen molar-refractivity contribution in [2.24, 2.45) is 0 Å². The maximum absolute atomic E-state index is 14.5. The summed E-state index contributed by atoms with van der Waals surface area (Å²) in [6.07, 6.45) is 25.6. The Morgan fingerprint density at radius 3 is 1.21 bits per heavy atom. The van der Waals surface area contributed by atoms with Crippen molar-refractivity contribution in [3.8, 4) is 0 Å². The lowest BCUT2D eigenvalue weighted by molar-refractivity contribution is -0.692. The van der Waals surface area contributed by atoms with Crippen molar-refractivity contribution in [1.29, 1.82) is 0 Å². The molecule has 0 fully saturated rings. The molecule has 1 aromatic carbocycles. The van der Waals surface area contributed by atoms with Crippen molar-refractivity contribution in [2.45, 2.75) is 167 Å². The third-order valence-electron chi connectivity index (χ3n) is 11.2. The van der Waals surface area contributed by atoms with E-state index in [0.717, 1.165) is 50.7 Å². The second kappa shape index (κ2) is 31.4. The first kappa shape index (κ1) is 54.6. The quantitative estimate of drug-likeness (QED) is 0.0541. The van der Waals surface area contributed by atoms with E-state index in [0.29, 0.717) is 29.8 Å². The van der Waals surface area contributed by atoms with Gasteiger partial charge in [0.2, 0.25) is 0 Å². The highest BCUT2D eigenvalue weighted by molar-refractivity contribution is 6.00. The van der Waals surface area contributed by atoms with Gasteiger partial charge in [0.15, 0.2) is 37.9 Å². The van der Waals surface area contributed by atoms with Gasteiger partial charge in [-0.3, -0.25) is 0 Å². The van der Waals surface area contributed by atoms with Crippen LogP contribution in [0.15, 0.2) is 108 Å². The van der Waals surface area contributed by atoms with Crippen LogP contribution < -0.4 is 48.4 Å². The summed E-state index contributed by atoms with van der Waals surface area (Å²) in [6.45, 7) is 5.28. The lowest BCUT2D eigenvalue weighted by Crippen LogP contribution is -3.00. The molecule has 3 aromatic rings. The van der Waals surface area contributed by atoms with Gasteiger partial charge in [-0.25, -0.2) is 9.59 Å². The Bertz CT molecular complexity index is 1660. The van der Waals surface area contributed by atoms with E-state index < -0.39 is 29.6 Å². The minimum absolute atomic E-state index is 0. The van der Waals surface area contributed by atoms with E-state index >= 15 is 0 Å². The summed E-state index contributed by atoms with van der Waals surface area (Å²) in [5.74, 6) is -2.27. The van der Waals surface area contributed by atoms with Crippen LogP contribution in [0.1, 0.15) is 159 Å². The summed E-state index contributed by atoms with van der Waals surface area (Å²) in [7, 11) is 0. The molecule has 344 valence electrons. The zero-order valence-corrected chi connectivity index (χ0v) is 40.2. The smallest absolute Gasteiger partial charge is 0.416 e.